The number of anilines is 6. The molecule has 0 radical (unpaired) electrons. The molecule has 0 N–H and O–H groups in total. The molecule has 234 valence electrons. The molecular formula is C44H28N6. The second kappa shape index (κ2) is 11.4. The molecule has 0 atom stereocenters. The summed E-state index contributed by atoms with van der Waals surface area (Å²) in [7, 11) is 0. The molecule has 0 saturated heterocycles. The molecule has 6 aromatic carbocycles. The van der Waals surface area contributed by atoms with E-state index >= 15 is 0 Å². The summed E-state index contributed by atoms with van der Waals surface area (Å²) in [4.78, 5) is 24.0. The van der Waals surface area contributed by atoms with Crippen LogP contribution < -0.4 is 9.80 Å². The minimum Gasteiger partial charge on any atom is -0.278 e. The lowest BCUT2D eigenvalue weighted by Crippen LogP contribution is -2.14. The third-order valence-corrected chi connectivity index (χ3v) is 9.59. The highest BCUT2D eigenvalue weighted by atomic mass is 15.2. The number of fused-ring (bicyclic) bond motifs is 2. The fourth-order valence-corrected chi connectivity index (χ4v) is 7.39. The van der Waals surface area contributed by atoms with Gasteiger partial charge in [-0.1, -0.05) is 97.1 Å². The standard InChI is InChI=1S/C44H28N6/c1-3-11-33-29(9-1)23-27-47-43(33)49(39-13-5-7-25-45-39)37-21-17-31-16-20-36-38(22-18-32-15-19-35(37)41(31)42(32)36)50(40-14-6-8-26-46-40)44-34-12-4-2-10-30(34)24-28-48-44/h1-28H. The minimum atomic E-state index is 0.801. The summed E-state index contributed by atoms with van der Waals surface area (Å²) in [6, 6.07) is 50.7. The van der Waals surface area contributed by atoms with Gasteiger partial charge in [0.05, 0.1) is 11.4 Å². The van der Waals surface area contributed by atoms with E-state index in [1.54, 1.807) is 0 Å². The summed E-state index contributed by atoms with van der Waals surface area (Å²) in [6.07, 6.45) is 7.43. The van der Waals surface area contributed by atoms with Crippen LogP contribution in [0.4, 0.5) is 34.6 Å². The highest BCUT2D eigenvalue weighted by Gasteiger charge is 2.24. The maximum atomic E-state index is 4.96. The van der Waals surface area contributed by atoms with Crippen molar-refractivity contribution in [3.05, 3.63) is 170 Å². The van der Waals surface area contributed by atoms with E-state index in [1.807, 2.05) is 61.2 Å². The van der Waals surface area contributed by atoms with E-state index in [1.165, 1.54) is 21.5 Å². The number of pyridine rings is 4. The van der Waals surface area contributed by atoms with Crippen LogP contribution in [0.1, 0.15) is 0 Å². The number of benzene rings is 6. The molecule has 0 spiro atoms. The van der Waals surface area contributed by atoms with Crippen LogP contribution in [0.2, 0.25) is 0 Å². The van der Waals surface area contributed by atoms with Crippen LogP contribution in [0, 0.1) is 0 Å². The monoisotopic (exact) mass is 640 g/mol. The van der Waals surface area contributed by atoms with Gasteiger partial charge >= 0.3 is 0 Å². The lowest BCUT2D eigenvalue weighted by Gasteiger charge is -2.28. The zero-order valence-electron chi connectivity index (χ0n) is 26.8. The van der Waals surface area contributed by atoms with Gasteiger partial charge in [-0.15, -0.1) is 0 Å². The van der Waals surface area contributed by atoms with Gasteiger partial charge in [-0.25, -0.2) is 19.9 Å². The minimum absolute atomic E-state index is 0.801. The largest absolute Gasteiger partial charge is 0.278 e. The molecule has 0 amide bonds. The predicted molar refractivity (Wildman–Crippen MR) is 206 cm³/mol. The normalized spacial score (nSPS) is 11.6. The molecule has 0 bridgehead atoms. The lowest BCUT2D eigenvalue weighted by atomic mass is 9.92. The number of aromatic nitrogens is 4. The van der Waals surface area contributed by atoms with Gasteiger partial charge in [0.15, 0.2) is 0 Å². The first kappa shape index (κ1) is 28.1. The van der Waals surface area contributed by atoms with Crippen molar-refractivity contribution in [1.29, 1.82) is 0 Å². The molecule has 50 heavy (non-hydrogen) atoms. The molecule has 0 aliphatic heterocycles. The molecular weight excluding hydrogens is 613 g/mol. The van der Waals surface area contributed by atoms with Crippen LogP contribution in [-0.2, 0) is 0 Å². The topological polar surface area (TPSA) is 58.0 Å². The Balaban J connectivity index is 1.27. The Bertz CT molecular complexity index is 2630. The van der Waals surface area contributed by atoms with Crippen LogP contribution in [-0.4, -0.2) is 19.9 Å². The van der Waals surface area contributed by atoms with Crippen LogP contribution in [0.3, 0.4) is 0 Å². The summed E-state index contributed by atoms with van der Waals surface area (Å²) in [6.45, 7) is 0. The summed E-state index contributed by atoms with van der Waals surface area (Å²) >= 11 is 0. The van der Waals surface area contributed by atoms with Gasteiger partial charge in [0, 0.05) is 46.3 Å². The predicted octanol–water partition coefficient (Wildman–Crippen LogP) is 11.4. The highest BCUT2D eigenvalue weighted by Crippen LogP contribution is 2.47. The summed E-state index contributed by atoms with van der Waals surface area (Å²) in [5, 5.41) is 11.3. The van der Waals surface area contributed by atoms with Crippen molar-refractivity contribution >= 4 is 88.5 Å². The third kappa shape index (κ3) is 4.36. The molecule has 10 aromatic rings. The van der Waals surface area contributed by atoms with Crippen LogP contribution >= 0.6 is 0 Å². The highest BCUT2D eigenvalue weighted by molar-refractivity contribution is 6.28. The average molecular weight is 641 g/mol. The fraction of sp³-hybridized carbons (Fsp3) is 0. The van der Waals surface area contributed by atoms with Gasteiger partial charge in [0.25, 0.3) is 0 Å². The number of rotatable bonds is 6. The SMILES string of the molecule is c1ccc(N(c2nccc3ccccc23)c2ccc3ccc4c(N(c5ccccn5)c5nccc6ccccc56)ccc5ccc2c3c54)nc1. The van der Waals surface area contributed by atoms with E-state index in [0.29, 0.717) is 0 Å². The number of hydrogen-bond acceptors (Lipinski definition) is 6. The Kier molecular flexibility index (Phi) is 6.39. The Hall–Kier alpha value is -6.92. The zero-order chi connectivity index (χ0) is 33.0. The van der Waals surface area contributed by atoms with Crippen molar-refractivity contribution in [1.82, 2.24) is 19.9 Å². The fourth-order valence-electron chi connectivity index (χ4n) is 7.39. The zero-order valence-corrected chi connectivity index (χ0v) is 26.8. The average Bonchev–Trinajstić information content (AvgIpc) is 3.19. The Morgan fingerprint density at radius 3 is 1.20 bits per heavy atom. The maximum absolute atomic E-state index is 4.96. The van der Waals surface area contributed by atoms with Gasteiger partial charge < -0.3 is 0 Å². The first-order valence-electron chi connectivity index (χ1n) is 16.6. The van der Waals surface area contributed by atoms with E-state index in [0.717, 1.165) is 67.0 Å². The third-order valence-electron chi connectivity index (χ3n) is 9.59. The quantitative estimate of drug-likeness (QED) is 0.169. The summed E-state index contributed by atoms with van der Waals surface area (Å²) in [5.41, 5.74) is 2.02. The van der Waals surface area contributed by atoms with Crippen molar-refractivity contribution < 1.29 is 0 Å². The van der Waals surface area contributed by atoms with Crippen molar-refractivity contribution in [2.45, 2.75) is 0 Å². The summed E-state index contributed by atoms with van der Waals surface area (Å²) in [5.74, 6) is 3.27. The molecule has 0 unspecified atom stereocenters. The molecule has 0 aliphatic rings. The Labute approximate surface area is 287 Å². The molecule has 0 aliphatic carbocycles. The first-order chi connectivity index (χ1) is 24.8. The lowest BCUT2D eigenvalue weighted by molar-refractivity contribution is 1.14. The molecule has 0 fully saturated rings. The van der Waals surface area contributed by atoms with E-state index < -0.39 is 0 Å². The van der Waals surface area contributed by atoms with Crippen LogP contribution in [0.15, 0.2) is 170 Å². The van der Waals surface area contributed by atoms with Crippen LogP contribution in [0.5, 0.6) is 0 Å². The van der Waals surface area contributed by atoms with Crippen molar-refractivity contribution in [2.75, 3.05) is 9.80 Å². The van der Waals surface area contributed by atoms with Crippen molar-refractivity contribution in [3.63, 3.8) is 0 Å². The van der Waals surface area contributed by atoms with Gasteiger partial charge in [-0.2, -0.15) is 0 Å². The molecule has 4 heterocycles. The molecule has 4 aromatic heterocycles. The van der Waals surface area contributed by atoms with Crippen LogP contribution in [0.25, 0.3) is 53.9 Å². The van der Waals surface area contributed by atoms with Gasteiger partial charge in [-0.05, 0) is 80.8 Å². The summed E-state index contributed by atoms with van der Waals surface area (Å²) < 4.78 is 0. The van der Waals surface area contributed by atoms with Gasteiger partial charge in [0.2, 0.25) is 0 Å². The van der Waals surface area contributed by atoms with E-state index in [-0.39, 0.29) is 0 Å². The molecule has 6 heteroatoms. The molecule has 10 rings (SSSR count). The number of nitrogens with zero attached hydrogens (tertiary/aromatic N) is 6. The van der Waals surface area contributed by atoms with Crippen molar-refractivity contribution in [3.8, 4) is 0 Å². The Morgan fingerprint density at radius 2 is 0.740 bits per heavy atom. The molecule has 0 saturated carbocycles. The van der Waals surface area contributed by atoms with E-state index in [9.17, 15) is 0 Å². The molecule has 6 nitrogen and oxygen atoms in total. The second-order valence-corrected chi connectivity index (χ2v) is 12.3. The van der Waals surface area contributed by atoms with E-state index in [4.69, 9.17) is 19.9 Å². The van der Waals surface area contributed by atoms with Crippen molar-refractivity contribution in [2.24, 2.45) is 0 Å². The first-order valence-corrected chi connectivity index (χ1v) is 16.6. The van der Waals surface area contributed by atoms with E-state index in [2.05, 4.69) is 119 Å². The maximum Gasteiger partial charge on any atom is 0.146 e. The number of hydrogen-bond donors (Lipinski definition) is 0. The Morgan fingerprint density at radius 1 is 0.300 bits per heavy atom. The second-order valence-electron chi connectivity index (χ2n) is 12.3. The van der Waals surface area contributed by atoms with Gasteiger partial charge in [0.1, 0.15) is 23.3 Å². The van der Waals surface area contributed by atoms with Gasteiger partial charge in [-0.3, -0.25) is 9.80 Å². The smallest absolute Gasteiger partial charge is 0.146 e.